The molecule has 2 atom stereocenters. The molecular formula is C17H27NO4S. The van der Waals surface area contributed by atoms with Gasteiger partial charge in [0.2, 0.25) is 0 Å². The van der Waals surface area contributed by atoms with Crippen LogP contribution < -0.4 is 10.1 Å². The van der Waals surface area contributed by atoms with E-state index in [4.69, 9.17) is 4.74 Å². The summed E-state index contributed by atoms with van der Waals surface area (Å²) in [5, 5.41) is 13.5. The lowest BCUT2D eigenvalue weighted by molar-refractivity contribution is 0.286. The molecule has 2 N–H and O–H groups in total. The van der Waals surface area contributed by atoms with Crippen LogP contribution in [0, 0.1) is 0 Å². The summed E-state index contributed by atoms with van der Waals surface area (Å²) in [5.41, 5.74) is 0.224. The Bertz CT molecular complexity index is 671. The molecule has 2 rings (SSSR count). The number of hydrogen-bond acceptors (Lipinski definition) is 5. The van der Waals surface area contributed by atoms with Gasteiger partial charge in [0.05, 0.1) is 17.8 Å². The monoisotopic (exact) mass is 341 g/mol. The number of aromatic hydroxyl groups is 1. The van der Waals surface area contributed by atoms with Crippen molar-refractivity contribution in [3.05, 3.63) is 17.7 Å². The molecule has 0 aliphatic carbocycles. The highest BCUT2D eigenvalue weighted by Gasteiger charge is 2.40. The fourth-order valence-electron chi connectivity index (χ4n) is 3.40. The SMILES string of the molecule is CCCCC1(CC)CS(=O)(=O)c2cc(O)c(OC)cc2C(C)N1. The highest BCUT2D eigenvalue weighted by atomic mass is 32.2. The van der Waals surface area contributed by atoms with Crippen LogP contribution in [-0.2, 0) is 9.84 Å². The van der Waals surface area contributed by atoms with Crippen LogP contribution in [0.5, 0.6) is 11.5 Å². The highest BCUT2D eigenvalue weighted by molar-refractivity contribution is 7.91. The Morgan fingerprint density at radius 2 is 2.09 bits per heavy atom. The van der Waals surface area contributed by atoms with Gasteiger partial charge in [0, 0.05) is 17.6 Å². The van der Waals surface area contributed by atoms with Crippen LogP contribution in [0.3, 0.4) is 0 Å². The third-order valence-electron chi connectivity index (χ3n) is 4.79. The first kappa shape index (κ1) is 18.1. The van der Waals surface area contributed by atoms with Gasteiger partial charge in [0.25, 0.3) is 0 Å². The Morgan fingerprint density at radius 1 is 1.39 bits per heavy atom. The standard InChI is InChI=1S/C17H27NO4S/c1-5-7-8-17(6-2)11-23(20,21)16-10-14(19)15(22-4)9-13(16)12(3)18-17/h9-10,12,18-19H,5-8,11H2,1-4H3. The molecule has 0 bridgehead atoms. The molecule has 1 aromatic carbocycles. The number of ether oxygens (including phenoxy) is 1. The van der Waals surface area contributed by atoms with Crippen LogP contribution in [0.4, 0.5) is 0 Å². The lowest BCUT2D eigenvalue weighted by Gasteiger charge is -2.34. The lowest BCUT2D eigenvalue weighted by Crippen LogP contribution is -2.49. The van der Waals surface area contributed by atoms with E-state index in [9.17, 15) is 13.5 Å². The van der Waals surface area contributed by atoms with E-state index in [0.717, 1.165) is 25.7 Å². The second-order valence-electron chi connectivity index (χ2n) is 6.42. The fraction of sp³-hybridized carbons (Fsp3) is 0.647. The number of unbranched alkanes of at least 4 members (excludes halogenated alkanes) is 1. The van der Waals surface area contributed by atoms with Gasteiger partial charge in [-0.2, -0.15) is 0 Å². The molecule has 1 aliphatic rings. The molecule has 1 aliphatic heterocycles. The highest BCUT2D eigenvalue weighted by Crippen LogP contribution is 2.40. The number of benzene rings is 1. The summed E-state index contributed by atoms with van der Waals surface area (Å²) in [6.45, 7) is 6.10. The van der Waals surface area contributed by atoms with E-state index in [0.29, 0.717) is 11.3 Å². The Hall–Kier alpha value is -1.27. The number of methoxy groups -OCH3 is 1. The van der Waals surface area contributed by atoms with Gasteiger partial charge < -0.3 is 15.2 Å². The molecule has 23 heavy (non-hydrogen) atoms. The first-order valence-corrected chi connectivity index (χ1v) is 9.85. The van der Waals surface area contributed by atoms with Crippen molar-refractivity contribution in [3.63, 3.8) is 0 Å². The molecule has 0 radical (unpaired) electrons. The zero-order valence-electron chi connectivity index (χ0n) is 14.3. The number of nitrogens with one attached hydrogen (secondary N) is 1. The van der Waals surface area contributed by atoms with E-state index in [2.05, 4.69) is 12.2 Å². The second-order valence-corrected chi connectivity index (χ2v) is 8.38. The molecule has 0 spiro atoms. The smallest absolute Gasteiger partial charge is 0.180 e. The van der Waals surface area contributed by atoms with Crippen molar-refractivity contribution in [1.29, 1.82) is 0 Å². The summed E-state index contributed by atoms with van der Waals surface area (Å²) in [6.07, 6.45) is 3.57. The third-order valence-corrected chi connectivity index (χ3v) is 6.74. The van der Waals surface area contributed by atoms with E-state index in [1.807, 2.05) is 13.8 Å². The normalized spacial score (nSPS) is 26.3. The lowest BCUT2D eigenvalue weighted by atomic mass is 9.90. The Kier molecular flexibility index (Phi) is 5.26. The summed E-state index contributed by atoms with van der Waals surface area (Å²) in [5.74, 6) is 0.212. The predicted molar refractivity (Wildman–Crippen MR) is 90.8 cm³/mol. The Balaban J connectivity index is 2.57. The van der Waals surface area contributed by atoms with Crippen molar-refractivity contribution in [3.8, 4) is 11.5 Å². The third kappa shape index (κ3) is 3.48. The molecule has 130 valence electrons. The number of fused-ring (bicyclic) bond motifs is 1. The van der Waals surface area contributed by atoms with Crippen molar-refractivity contribution in [1.82, 2.24) is 5.32 Å². The van der Waals surface area contributed by atoms with Crippen molar-refractivity contribution in [2.75, 3.05) is 12.9 Å². The first-order chi connectivity index (χ1) is 10.8. The minimum Gasteiger partial charge on any atom is -0.504 e. The van der Waals surface area contributed by atoms with Crippen LogP contribution in [0.1, 0.15) is 58.1 Å². The maximum Gasteiger partial charge on any atom is 0.180 e. The number of rotatable bonds is 5. The average molecular weight is 341 g/mol. The van der Waals surface area contributed by atoms with Gasteiger partial charge in [-0.1, -0.05) is 26.7 Å². The van der Waals surface area contributed by atoms with Crippen LogP contribution >= 0.6 is 0 Å². The molecular weight excluding hydrogens is 314 g/mol. The van der Waals surface area contributed by atoms with Crippen LogP contribution in [-0.4, -0.2) is 31.9 Å². The zero-order chi connectivity index (χ0) is 17.3. The number of phenols is 1. The van der Waals surface area contributed by atoms with E-state index >= 15 is 0 Å². The summed E-state index contributed by atoms with van der Waals surface area (Å²) >= 11 is 0. The maximum absolute atomic E-state index is 12.9. The van der Waals surface area contributed by atoms with Crippen molar-refractivity contribution < 1.29 is 18.3 Å². The maximum atomic E-state index is 12.9. The minimum atomic E-state index is -3.49. The van der Waals surface area contributed by atoms with Crippen molar-refractivity contribution >= 4 is 9.84 Å². The van der Waals surface area contributed by atoms with Gasteiger partial charge in [-0.3, -0.25) is 0 Å². The van der Waals surface area contributed by atoms with Crippen molar-refractivity contribution in [2.45, 2.75) is 62.9 Å². The molecule has 2 unspecified atom stereocenters. The van der Waals surface area contributed by atoms with Crippen LogP contribution in [0.2, 0.25) is 0 Å². The molecule has 0 amide bonds. The quantitative estimate of drug-likeness (QED) is 0.860. The molecule has 0 saturated carbocycles. The van der Waals surface area contributed by atoms with Gasteiger partial charge in [-0.25, -0.2) is 8.42 Å². The van der Waals surface area contributed by atoms with Crippen LogP contribution in [0.15, 0.2) is 17.0 Å². The number of sulfone groups is 1. The van der Waals surface area contributed by atoms with Gasteiger partial charge in [-0.15, -0.1) is 0 Å². The summed E-state index contributed by atoms with van der Waals surface area (Å²) in [6, 6.07) is 2.83. The molecule has 1 heterocycles. The molecule has 0 aromatic heterocycles. The predicted octanol–water partition coefficient (Wildman–Crippen LogP) is 3.18. The van der Waals surface area contributed by atoms with E-state index in [-0.39, 0.29) is 22.4 Å². The Morgan fingerprint density at radius 3 is 2.65 bits per heavy atom. The second kappa shape index (κ2) is 6.69. The van der Waals surface area contributed by atoms with Gasteiger partial charge in [-0.05, 0) is 31.4 Å². The Labute approximate surface area is 139 Å². The average Bonchev–Trinajstić information content (AvgIpc) is 2.58. The van der Waals surface area contributed by atoms with Gasteiger partial charge in [0.15, 0.2) is 21.3 Å². The largest absolute Gasteiger partial charge is 0.504 e. The molecule has 5 nitrogen and oxygen atoms in total. The summed E-state index contributed by atoms with van der Waals surface area (Å²) in [7, 11) is -2.03. The number of hydrogen-bond donors (Lipinski definition) is 2. The number of phenolic OH excluding ortho intramolecular Hbond substituents is 1. The topological polar surface area (TPSA) is 75.6 Å². The van der Waals surface area contributed by atoms with Crippen molar-refractivity contribution in [2.24, 2.45) is 0 Å². The summed E-state index contributed by atoms with van der Waals surface area (Å²) in [4.78, 5) is 0.211. The van der Waals surface area contributed by atoms with Crippen LogP contribution in [0.25, 0.3) is 0 Å². The van der Waals surface area contributed by atoms with E-state index in [1.54, 1.807) is 6.07 Å². The fourth-order valence-corrected chi connectivity index (χ4v) is 5.60. The molecule has 6 heteroatoms. The molecule has 0 fully saturated rings. The van der Waals surface area contributed by atoms with E-state index in [1.165, 1.54) is 13.2 Å². The summed E-state index contributed by atoms with van der Waals surface area (Å²) < 4.78 is 31.0. The first-order valence-electron chi connectivity index (χ1n) is 8.20. The van der Waals surface area contributed by atoms with Gasteiger partial charge >= 0.3 is 0 Å². The minimum absolute atomic E-state index is 0.0552. The van der Waals surface area contributed by atoms with E-state index < -0.39 is 15.4 Å². The van der Waals surface area contributed by atoms with Gasteiger partial charge in [0.1, 0.15) is 0 Å². The molecule has 1 aromatic rings. The molecule has 0 saturated heterocycles. The zero-order valence-corrected chi connectivity index (χ0v) is 15.2.